The number of nitrogens with zero attached hydrogens (tertiary/aromatic N) is 1. The van der Waals surface area contributed by atoms with E-state index in [0.717, 1.165) is 16.8 Å². The average molecular weight is 447 g/mol. The summed E-state index contributed by atoms with van der Waals surface area (Å²) < 4.78 is 5.23. The second kappa shape index (κ2) is 8.89. The zero-order valence-corrected chi connectivity index (χ0v) is 18.9. The number of halogens is 1. The van der Waals surface area contributed by atoms with Crippen molar-refractivity contribution < 1.29 is 14.3 Å². The Morgan fingerprint density at radius 2 is 1.56 bits per heavy atom. The van der Waals surface area contributed by atoms with Crippen molar-refractivity contribution in [1.29, 1.82) is 0 Å². The first kappa shape index (κ1) is 21.7. The van der Waals surface area contributed by atoms with Gasteiger partial charge in [-0.25, -0.2) is 0 Å². The molecule has 0 unspecified atom stereocenters. The molecule has 0 spiro atoms. The van der Waals surface area contributed by atoms with Crippen LogP contribution in [0.3, 0.4) is 0 Å². The fraction of sp³-hybridized carbons (Fsp3) is 0.154. The Kier molecular flexibility index (Phi) is 6.01. The molecule has 6 heteroatoms. The van der Waals surface area contributed by atoms with Gasteiger partial charge in [0.05, 0.1) is 19.2 Å². The van der Waals surface area contributed by atoms with Gasteiger partial charge < -0.3 is 10.1 Å². The summed E-state index contributed by atoms with van der Waals surface area (Å²) in [6.07, 6.45) is 0. The van der Waals surface area contributed by atoms with Crippen LogP contribution in [0.15, 0.2) is 72.4 Å². The van der Waals surface area contributed by atoms with Gasteiger partial charge in [-0.15, -0.1) is 0 Å². The van der Waals surface area contributed by atoms with E-state index in [1.165, 1.54) is 4.90 Å². The van der Waals surface area contributed by atoms with E-state index in [-0.39, 0.29) is 24.1 Å². The maximum absolute atomic E-state index is 13.5. The molecule has 5 nitrogen and oxygen atoms in total. The number of ether oxygens (including phenoxy) is 1. The van der Waals surface area contributed by atoms with Crippen molar-refractivity contribution in [2.45, 2.75) is 20.4 Å². The van der Waals surface area contributed by atoms with Crippen molar-refractivity contribution in [3.8, 4) is 5.75 Å². The summed E-state index contributed by atoms with van der Waals surface area (Å²) >= 11 is 6.29. The summed E-state index contributed by atoms with van der Waals surface area (Å²) in [6.45, 7) is 4.07. The van der Waals surface area contributed by atoms with Crippen LogP contribution >= 0.6 is 11.6 Å². The SMILES string of the molecule is COc1ccc(C2=C(Nc3cc(C)cc(C)c3)C(=O)N(Cc3ccccc3Cl)C2=O)cc1. The van der Waals surface area contributed by atoms with E-state index in [9.17, 15) is 9.59 Å². The number of carbonyl (C=O) groups is 2. The van der Waals surface area contributed by atoms with Crippen molar-refractivity contribution >= 4 is 34.7 Å². The van der Waals surface area contributed by atoms with Crippen molar-refractivity contribution in [2.75, 3.05) is 12.4 Å². The van der Waals surface area contributed by atoms with E-state index in [1.54, 1.807) is 37.4 Å². The number of benzene rings is 3. The minimum atomic E-state index is -0.389. The van der Waals surface area contributed by atoms with Crippen molar-refractivity contribution in [3.63, 3.8) is 0 Å². The van der Waals surface area contributed by atoms with Crippen LogP contribution in [0.25, 0.3) is 5.57 Å². The van der Waals surface area contributed by atoms with Gasteiger partial charge in [0.1, 0.15) is 11.4 Å². The maximum Gasteiger partial charge on any atom is 0.278 e. The van der Waals surface area contributed by atoms with Crippen LogP contribution in [-0.2, 0) is 16.1 Å². The maximum atomic E-state index is 13.5. The fourth-order valence-corrected chi connectivity index (χ4v) is 4.04. The van der Waals surface area contributed by atoms with Gasteiger partial charge in [0.2, 0.25) is 0 Å². The van der Waals surface area contributed by atoms with Crippen molar-refractivity contribution in [1.82, 2.24) is 4.90 Å². The highest BCUT2D eigenvalue weighted by atomic mass is 35.5. The smallest absolute Gasteiger partial charge is 0.278 e. The van der Waals surface area contributed by atoms with Crippen LogP contribution in [0.5, 0.6) is 5.75 Å². The Morgan fingerprint density at radius 3 is 2.19 bits per heavy atom. The molecule has 0 saturated heterocycles. The summed E-state index contributed by atoms with van der Waals surface area (Å²) in [5.74, 6) is -0.0882. The molecule has 0 fully saturated rings. The summed E-state index contributed by atoms with van der Waals surface area (Å²) in [5.41, 5.74) is 4.79. The molecule has 0 bridgehead atoms. The summed E-state index contributed by atoms with van der Waals surface area (Å²) in [4.78, 5) is 28.1. The molecule has 3 aromatic rings. The van der Waals surface area contributed by atoms with E-state index in [0.29, 0.717) is 27.5 Å². The Balaban J connectivity index is 1.77. The third-order valence-electron chi connectivity index (χ3n) is 5.32. The van der Waals surface area contributed by atoms with Gasteiger partial charge in [-0.05, 0) is 66.4 Å². The number of hydrogen-bond donors (Lipinski definition) is 1. The van der Waals surface area contributed by atoms with E-state index in [1.807, 2.05) is 44.2 Å². The zero-order valence-electron chi connectivity index (χ0n) is 18.1. The Labute approximate surface area is 192 Å². The van der Waals surface area contributed by atoms with Crippen LogP contribution in [0.1, 0.15) is 22.3 Å². The largest absolute Gasteiger partial charge is 0.497 e. The molecule has 0 aromatic heterocycles. The van der Waals surface area contributed by atoms with Crippen LogP contribution < -0.4 is 10.1 Å². The normalized spacial score (nSPS) is 13.7. The molecule has 2 amide bonds. The van der Waals surface area contributed by atoms with Gasteiger partial charge in [0.15, 0.2) is 0 Å². The van der Waals surface area contributed by atoms with Gasteiger partial charge in [-0.2, -0.15) is 0 Å². The summed E-state index contributed by atoms with van der Waals surface area (Å²) in [6, 6.07) is 20.2. The molecule has 0 saturated carbocycles. The second-order valence-corrected chi connectivity index (χ2v) is 8.17. The number of rotatable bonds is 6. The molecule has 1 N–H and O–H groups in total. The average Bonchev–Trinajstić information content (AvgIpc) is 2.99. The lowest BCUT2D eigenvalue weighted by atomic mass is 10.0. The monoisotopic (exact) mass is 446 g/mol. The zero-order chi connectivity index (χ0) is 22.8. The molecule has 4 rings (SSSR count). The lowest BCUT2D eigenvalue weighted by molar-refractivity contribution is -0.137. The molecule has 3 aromatic carbocycles. The Morgan fingerprint density at radius 1 is 0.906 bits per heavy atom. The summed E-state index contributed by atoms with van der Waals surface area (Å²) in [5, 5.41) is 3.72. The van der Waals surface area contributed by atoms with E-state index in [4.69, 9.17) is 16.3 Å². The molecule has 162 valence electrons. The van der Waals surface area contributed by atoms with Crippen LogP contribution in [0.4, 0.5) is 5.69 Å². The van der Waals surface area contributed by atoms with Gasteiger partial charge in [-0.3, -0.25) is 14.5 Å². The minimum Gasteiger partial charge on any atom is -0.497 e. The first-order valence-corrected chi connectivity index (χ1v) is 10.6. The van der Waals surface area contributed by atoms with Gasteiger partial charge >= 0.3 is 0 Å². The number of hydrogen-bond acceptors (Lipinski definition) is 4. The van der Waals surface area contributed by atoms with E-state index >= 15 is 0 Å². The molecular formula is C26H23ClN2O3. The topological polar surface area (TPSA) is 58.6 Å². The van der Waals surface area contributed by atoms with Gasteiger partial charge in [0.25, 0.3) is 11.8 Å². The number of aryl methyl sites for hydroxylation is 2. The Hall–Kier alpha value is -3.57. The van der Waals surface area contributed by atoms with Gasteiger partial charge in [0, 0.05) is 10.7 Å². The summed E-state index contributed by atoms with van der Waals surface area (Å²) in [7, 11) is 1.58. The molecule has 0 radical (unpaired) electrons. The van der Waals surface area contributed by atoms with Gasteiger partial charge in [-0.1, -0.05) is 48.0 Å². The fourth-order valence-electron chi connectivity index (χ4n) is 3.85. The number of methoxy groups -OCH3 is 1. The minimum absolute atomic E-state index is 0.0923. The predicted octanol–water partition coefficient (Wildman–Crippen LogP) is 5.36. The molecular weight excluding hydrogens is 424 g/mol. The number of imide groups is 1. The predicted molar refractivity (Wildman–Crippen MR) is 126 cm³/mol. The molecule has 1 heterocycles. The second-order valence-electron chi connectivity index (χ2n) is 7.77. The highest BCUT2D eigenvalue weighted by Gasteiger charge is 2.39. The highest BCUT2D eigenvalue weighted by molar-refractivity contribution is 6.36. The number of nitrogens with one attached hydrogen (secondary N) is 1. The highest BCUT2D eigenvalue weighted by Crippen LogP contribution is 2.33. The first-order chi connectivity index (χ1) is 15.4. The third-order valence-corrected chi connectivity index (χ3v) is 5.69. The standard InChI is InChI=1S/C26H23ClN2O3/c1-16-12-17(2)14-20(13-16)28-24-23(18-8-10-21(32-3)11-9-18)25(30)29(26(24)31)15-19-6-4-5-7-22(19)27/h4-14,28H,15H2,1-3H3. The van der Waals surface area contributed by atoms with E-state index in [2.05, 4.69) is 11.4 Å². The van der Waals surface area contributed by atoms with Crippen LogP contribution in [-0.4, -0.2) is 23.8 Å². The molecule has 0 aliphatic carbocycles. The molecule has 0 atom stereocenters. The molecule has 1 aliphatic heterocycles. The quantitative estimate of drug-likeness (QED) is 0.518. The third kappa shape index (κ3) is 4.25. The molecule has 1 aliphatic rings. The lowest BCUT2D eigenvalue weighted by Crippen LogP contribution is -2.32. The Bertz CT molecular complexity index is 1210. The number of amides is 2. The number of carbonyl (C=O) groups excluding carboxylic acids is 2. The lowest BCUT2D eigenvalue weighted by Gasteiger charge is -2.16. The van der Waals surface area contributed by atoms with Crippen LogP contribution in [0.2, 0.25) is 5.02 Å². The number of anilines is 1. The van der Waals surface area contributed by atoms with Crippen LogP contribution in [0, 0.1) is 13.8 Å². The first-order valence-electron chi connectivity index (χ1n) is 10.2. The van der Waals surface area contributed by atoms with Crippen molar-refractivity contribution in [3.05, 3.63) is 99.7 Å². The van der Waals surface area contributed by atoms with E-state index < -0.39 is 0 Å². The van der Waals surface area contributed by atoms with Crippen molar-refractivity contribution in [2.24, 2.45) is 0 Å². The molecule has 32 heavy (non-hydrogen) atoms.